The average Bonchev–Trinajstić information content (AvgIpc) is 3.54. The molecular weight excluding hydrogens is 484 g/mol. The van der Waals surface area contributed by atoms with Crippen LogP contribution in [-0.2, 0) is 4.79 Å². The SMILES string of the molecule is COc1cccc2oc(-c3nc4ccccc4c(=O)n3N=Cc3cn([C@@H](C)C(=O)O)c4ccccc34)cc12. The summed E-state index contributed by atoms with van der Waals surface area (Å²) < 4.78 is 14.4. The van der Waals surface area contributed by atoms with Gasteiger partial charge in [-0.3, -0.25) is 4.79 Å². The lowest BCUT2D eigenvalue weighted by Gasteiger charge is -2.09. The molecule has 0 saturated carbocycles. The molecule has 0 aliphatic rings. The molecule has 0 saturated heterocycles. The number of furan rings is 1. The Bertz CT molecular complexity index is 1950. The van der Waals surface area contributed by atoms with Gasteiger partial charge in [0, 0.05) is 22.7 Å². The summed E-state index contributed by atoms with van der Waals surface area (Å²) in [6.07, 6.45) is 3.26. The number of carboxylic acid groups (broad SMARTS) is 1. The van der Waals surface area contributed by atoms with Crippen molar-refractivity contribution in [3.8, 4) is 17.3 Å². The zero-order chi connectivity index (χ0) is 26.4. The van der Waals surface area contributed by atoms with Crippen molar-refractivity contribution in [2.24, 2.45) is 5.10 Å². The first-order valence-corrected chi connectivity index (χ1v) is 11.9. The summed E-state index contributed by atoms with van der Waals surface area (Å²) in [4.78, 5) is 30.0. The number of methoxy groups -OCH3 is 1. The van der Waals surface area contributed by atoms with E-state index in [9.17, 15) is 14.7 Å². The number of carbonyl (C=O) groups is 1. The van der Waals surface area contributed by atoms with Crippen LogP contribution in [0.25, 0.3) is 44.4 Å². The van der Waals surface area contributed by atoms with Crippen LogP contribution < -0.4 is 10.3 Å². The Morgan fingerprint density at radius 3 is 2.61 bits per heavy atom. The highest BCUT2D eigenvalue weighted by atomic mass is 16.5. The fraction of sp³-hybridized carbons (Fsp3) is 0.103. The maximum absolute atomic E-state index is 13.6. The molecule has 3 aromatic carbocycles. The van der Waals surface area contributed by atoms with E-state index in [1.54, 1.807) is 49.1 Å². The van der Waals surface area contributed by atoms with Crippen LogP contribution in [0.5, 0.6) is 5.75 Å². The van der Waals surface area contributed by atoms with Crippen molar-refractivity contribution in [3.63, 3.8) is 0 Å². The number of carboxylic acids is 1. The average molecular weight is 507 g/mol. The Balaban J connectivity index is 1.56. The van der Waals surface area contributed by atoms with Crippen LogP contribution in [0, 0.1) is 0 Å². The molecule has 1 N–H and O–H groups in total. The van der Waals surface area contributed by atoms with E-state index in [0.29, 0.717) is 33.6 Å². The molecule has 6 aromatic rings. The van der Waals surface area contributed by atoms with Crippen LogP contribution >= 0.6 is 0 Å². The first-order chi connectivity index (χ1) is 18.5. The Kier molecular flexibility index (Phi) is 5.53. The van der Waals surface area contributed by atoms with Crippen LogP contribution in [0.3, 0.4) is 0 Å². The van der Waals surface area contributed by atoms with E-state index < -0.39 is 12.0 Å². The molecule has 0 spiro atoms. The first-order valence-electron chi connectivity index (χ1n) is 11.9. The van der Waals surface area contributed by atoms with Crippen LogP contribution in [0.15, 0.2) is 93.3 Å². The zero-order valence-corrected chi connectivity index (χ0v) is 20.5. The first kappa shape index (κ1) is 23.2. The number of nitrogens with zero attached hydrogens (tertiary/aromatic N) is 4. The summed E-state index contributed by atoms with van der Waals surface area (Å²) in [7, 11) is 1.58. The second kappa shape index (κ2) is 9.04. The Morgan fingerprint density at radius 1 is 1.05 bits per heavy atom. The van der Waals surface area contributed by atoms with Gasteiger partial charge in [-0.1, -0.05) is 36.4 Å². The van der Waals surface area contributed by atoms with E-state index in [-0.39, 0.29) is 11.4 Å². The largest absolute Gasteiger partial charge is 0.496 e. The predicted molar refractivity (Wildman–Crippen MR) is 145 cm³/mol. The van der Waals surface area contributed by atoms with Crippen molar-refractivity contribution in [2.75, 3.05) is 7.11 Å². The van der Waals surface area contributed by atoms with Crippen molar-refractivity contribution in [1.82, 2.24) is 14.2 Å². The molecule has 0 unspecified atom stereocenters. The lowest BCUT2D eigenvalue weighted by molar-refractivity contribution is -0.140. The Hall–Kier alpha value is -5.18. The van der Waals surface area contributed by atoms with Crippen molar-refractivity contribution in [2.45, 2.75) is 13.0 Å². The number of hydrogen-bond acceptors (Lipinski definition) is 6. The van der Waals surface area contributed by atoms with Crippen molar-refractivity contribution in [3.05, 3.63) is 94.9 Å². The molecule has 3 aromatic heterocycles. The zero-order valence-electron chi connectivity index (χ0n) is 20.5. The van der Waals surface area contributed by atoms with E-state index >= 15 is 0 Å². The van der Waals surface area contributed by atoms with Gasteiger partial charge >= 0.3 is 5.97 Å². The normalized spacial score (nSPS) is 12.6. The lowest BCUT2D eigenvalue weighted by atomic mass is 10.2. The maximum Gasteiger partial charge on any atom is 0.326 e. The molecule has 188 valence electrons. The van der Waals surface area contributed by atoms with Crippen molar-refractivity contribution >= 4 is 45.0 Å². The van der Waals surface area contributed by atoms with E-state index in [1.165, 1.54) is 10.9 Å². The molecule has 9 heteroatoms. The third-order valence-electron chi connectivity index (χ3n) is 6.57. The molecule has 0 amide bonds. The molecule has 6 rings (SSSR count). The number of aliphatic carboxylic acids is 1. The van der Waals surface area contributed by atoms with Gasteiger partial charge < -0.3 is 18.8 Å². The number of para-hydroxylation sites is 2. The van der Waals surface area contributed by atoms with Gasteiger partial charge in [0.15, 0.2) is 5.76 Å². The minimum absolute atomic E-state index is 0.228. The lowest BCUT2D eigenvalue weighted by Crippen LogP contribution is -2.20. The second-order valence-corrected chi connectivity index (χ2v) is 8.82. The van der Waals surface area contributed by atoms with Gasteiger partial charge in [0.2, 0.25) is 5.82 Å². The van der Waals surface area contributed by atoms with Crippen LogP contribution in [0.4, 0.5) is 0 Å². The van der Waals surface area contributed by atoms with Crippen molar-refractivity contribution < 1.29 is 19.1 Å². The molecule has 0 bridgehead atoms. The molecule has 38 heavy (non-hydrogen) atoms. The fourth-order valence-corrected chi connectivity index (χ4v) is 4.61. The maximum atomic E-state index is 13.6. The third kappa shape index (κ3) is 3.72. The molecule has 3 heterocycles. The summed E-state index contributed by atoms with van der Waals surface area (Å²) in [6, 6.07) is 20.9. The van der Waals surface area contributed by atoms with E-state index in [1.807, 2.05) is 48.5 Å². The topological polar surface area (TPSA) is 112 Å². The van der Waals surface area contributed by atoms with E-state index in [2.05, 4.69) is 5.10 Å². The number of ether oxygens (including phenoxy) is 1. The van der Waals surface area contributed by atoms with Crippen LogP contribution in [-0.4, -0.2) is 38.6 Å². The number of rotatable bonds is 6. The molecule has 0 aliphatic heterocycles. The van der Waals surface area contributed by atoms with Gasteiger partial charge in [0.25, 0.3) is 5.56 Å². The van der Waals surface area contributed by atoms with Crippen molar-refractivity contribution in [1.29, 1.82) is 0 Å². The minimum Gasteiger partial charge on any atom is -0.496 e. The number of aromatic nitrogens is 3. The van der Waals surface area contributed by atoms with E-state index in [0.717, 1.165) is 16.3 Å². The van der Waals surface area contributed by atoms with Gasteiger partial charge in [-0.15, -0.1) is 0 Å². The Morgan fingerprint density at radius 2 is 1.82 bits per heavy atom. The number of fused-ring (bicyclic) bond motifs is 3. The number of hydrogen-bond donors (Lipinski definition) is 1. The van der Waals surface area contributed by atoms with Crippen LogP contribution in [0.1, 0.15) is 18.5 Å². The predicted octanol–water partition coefficient (Wildman–Crippen LogP) is 5.30. The fourth-order valence-electron chi connectivity index (χ4n) is 4.61. The molecule has 0 aliphatic carbocycles. The highest BCUT2D eigenvalue weighted by Crippen LogP contribution is 2.33. The minimum atomic E-state index is -0.952. The quantitative estimate of drug-likeness (QED) is 0.307. The third-order valence-corrected chi connectivity index (χ3v) is 6.57. The second-order valence-electron chi connectivity index (χ2n) is 8.82. The standard InChI is InChI=1S/C29H22N4O5/c1-17(29(35)36)32-16-18(19-8-4-6-11-23(19)32)15-30-33-27(31-22-10-5-3-9-20(22)28(33)34)26-14-21-24(37-2)12-7-13-25(21)38-26/h3-17H,1-2H3,(H,35,36)/t17-/m0/s1. The van der Waals surface area contributed by atoms with E-state index in [4.69, 9.17) is 14.1 Å². The summed E-state index contributed by atoms with van der Waals surface area (Å²) in [5.74, 6) is 0.264. The van der Waals surface area contributed by atoms with Gasteiger partial charge in [-0.25, -0.2) is 9.78 Å². The summed E-state index contributed by atoms with van der Waals surface area (Å²) >= 11 is 0. The molecule has 0 radical (unpaired) electrons. The van der Waals surface area contributed by atoms with Gasteiger partial charge in [-0.2, -0.15) is 9.78 Å². The van der Waals surface area contributed by atoms with Gasteiger partial charge in [-0.05, 0) is 43.3 Å². The molecule has 1 atom stereocenters. The summed E-state index contributed by atoms with van der Waals surface area (Å²) in [5, 5.41) is 16.1. The molecule has 9 nitrogen and oxygen atoms in total. The number of benzene rings is 3. The highest BCUT2D eigenvalue weighted by Gasteiger charge is 2.19. The smallest absolute Gasteiger partial charge is 0.326 e. The van der Waals surface area contributed by atoms with Crippen LogP contribution in [0.2, 0.25) is 0 Å². The summed E-state index contributed by atoms with van der Waals surface area (Å²) in [6.45, 7) is 1.61. The monoisotopic (exact) mass is 506 g/mol. The van der Waals surface area contributed by atoms with Gasteiger partial charge in [0.05, 0.1) is 29.6 Å². The summed E-state index contributed by atoms with van der Waals surface area (Å²) in [5.41, 5.74) is 2.14. The molecule has 0 fully saturated rings. The molecular formula is C29H22N4O5. The van der Waals surface area contributed by atoms with Gasteiger partial charge in [0.1, 0.15) is 17.4 Å². The highest BCUT2D eigenvalue weighted by molar-refractivity contribution is 6.00. The Labute approximate surface area is 215 Å².